The molecule has 0 radical (unpaired) electrons. The molecule has 146 valence electrons. The number of ether oxygens (including phenoxy) is 4. The third-order valence-corrected chi connectivity index (χ3v) is 4.57. The maximum Gasteiger partial charge on any atom is 0.336 e. The Morgan fingerprint density at radius 1 is 1.00 bits per heavy atom. The highest BCUT2D eigenvalue weighted by molar-refractivity contribution is 5.88. The smallest absolute Gasteiger partial charge is 0.336 e. The van der Waals surface area contributed by atoms with Gasteiger partial charge in [-0.15, -0.1) is 0 Å². The lowest BCUT2D eigenvalue weighted by atomic mass is 10.0. The van der Waals surface area contributed by atoms with E-state index in [2.05, 4.69) is 0 Å². The van der Waals surface area contributed by atoms with Gasteiger partial charge in [-0.1, -0.05) is 6.07 Å². The van der Waals surface area contributed by atoms with Crippen molar-refractivity contribution in [2.45, 2.75) is 12.2 Å². The molecule has 1 aliphatic rings. The van der Waals surface area contributed by atoms with E-state index in [0.29, 0.717) is 16.7 Å². The van der Waals surface area contributed by atoms with E-state index < -0.39 is 17.8 Å². The number of hydrogen-bond acceptors (Lipinski definition) is 8. The van der Waals surface area contributed by atoms with Crippen molar-refractivity contribution in [2.24, 2.45) is 0 Å². The van der Waals surface area contributed by atoms with Gasteiger partial charge in [0.05, 0.1) is 20.8 Å². The van der Waals surface area contributed by atoms with Crippen LogP contribution in [0, 0.1) is 0 Å². The Hall–Kier alpha value is -3.39. The lowest BCUT2D eigenvalue weighted by Crippen LogP contribution is -2.36. The normalized spacial score (nSPS) is 18.1. The van der Waals surface area contributed by atoms with Crippen molar-refractivity contribution in [2.75, 3.05) is 20.8 Å². The van der Waals surface area contributed by atoms with Gasteiger partial charge in [0.25, 0.3) is 0 Å². The van der Waals surface area contributed by atoms with Gasteiger partial charge in [-0.3, -0.25) is 0 Å². The van der Waals surface area contributed by atoms with Crippen molar-refractivity contribution < 1.29 is 33.6 Å². The molecular formula is C20H18O8. The molecule has 0 saturated carbocycles. The Kier molecular flexibility index (Phi) is 4.48. The number of aliphatic hydroxyl groups excluding tert-OH is 1. The van der Waals surface area contributed by atoms with Gasteiger partial charge >= 0.3 is 5.63 Å². The Bertz CT molecular complexity index is 1090. The predicted octanol–water partition coefficient (Wildman–Crippen LogP) is 2.39. The molecule has 0 spiro atoms. The van der Waals surface area contributed by atoms with Crippen LogP contribution >= 0.6 is 0 Å². The fourth-order valence-corrected chi connectivity index (χ4v) is 3.21. The molecule has 0 saturated heterocycles. The van der Waals surface area contributed by atoms with Crippen LogP contribution in [-0.2, 0) is 0 Å². The molecule has 4 rings (SSSR count). The standard InChI is InChI=1S/C20H18O8/c1-24-13-7-10(3-5-12(13)22)17-15(9-21)26-20-18-11(4-6-16(23)27-18)8-14(25-2)19(20)28-17/h3-8,15,17,21-22H,9H2,1-2H3/t15-,17?/m1/s1. The van der Waals surface area contributed by atoms with E-state index >= 15 is 0 Å². The summed E-state index contributed by atoms with van der Waals surface area (Å²) in [5, 5.41) is 20.3. The molecule has 2 N–H and O–H groups in total. The van der Waals surface area contributed by atoms with Crippen molar-refractivity contribution in [3.8, 4) is 28.7 Å². The van der Waals surface area contributed by atoms with Crippen molar-refractivity contribution in [3.63, 3.8) is 0 Å². The Morgan fingerprint density at radius 3 is 2.50 bits per heavy atom. The summed E-state index contributed by atoms with van der Waals surface area (Å²) < 4.78 is 28.0. The first-order valence-electron chi connectivity index (χ1n) is 8.51. The molecule has 0 fully saturated rings. The Balaban J connectivity index is 1.87. The van der Waals surface area contributed by atoms with E-state index in [1.54, 1.807) is 24.3 Å². The number of methoxy groups -OCH3 is 2. The van der Waals surface area contributed by atoms with Gasteiger partial charge in [-0.2, -0.15) is 0 Å². The molecule has 1 unspecified atom stereocenters. The van der Waals surface area contributed by atoms with Crippen LogP contribution in [0.4, 0.5) is 0 Å². The molecule has 8 nitrogen and oxygen atoms in total. The third kappa shape index (κ3) is 2.87. The van der Waals surface area contributed by atoms with E-state index in [9.17, 15) is 15.0 Å². The topological polar surface area (TPSA) is 108 Å². The predicted molar refractivity (Wildman–Crippen MR) is 98.6 cm³/mol. The van der Waals surface area contributed by atoms with Crippen LogP contribution in [-0.4, -0.2) is 37.1 Å². The first-order valence-corrected chi connectivity index (χ1v) is 8.51. The minimum atomic E-state index is -0.789. The first kappa shape index (κ1) is 18.0. The highest BCUT2D eigenvalue weighted by Gasteiger charge is 2.37. The average Bonchev–Trinajstić information content (AvgIpc) is 2.72. The van der Waals surface area contributed by atoms with Gasteiger partial charge in [-0.05, 0) is 24.3 Å². The van der Waals surface area contributed by atoms with Crippen LogP contribution in [0.3, 0.4) is 0 Å². The van der Waals surface area contributed by atoms with E-state index in [0.717, 1.165) is 0 Å². The first-order chi connectivity index (χ1) is 13.5. The van der Waals surface area contributed by atoms with E-state index in [1.807, 2.05) is 0 Å². The molecule has 0 aliphatic carbocycles. The number of hydrogen-bond donors (Lipinski definition) is 2. The molecular weight excluding hydrogens is 368 g/mol. The number of aromatic hydroxyl groups is 1. The molecule has 28 heavy (non-hydrogen) atoms. The summed E-state index contributed by atoms with van der Waals surface area (Å²) >= 11 is 0. The second kappa shape index (κ2) is 6.97. The number of phenols is 1. The molecule has 2 heterocycles. The molecule has 2 aromatic carbocycles. The van der Waals surface area contributed by atoms with Gasteiger partial charge in [-0.25, -0.2) is 4.79 Å². The van der Waals surface area contributed by atoms with Crippen molar-refractivity contribution in [1.82, 2.24) is 0 Å². The Morgan fingerprint density at radius 2 is 1.79 bits per heavy atom. The molecule has 8 heteroatoms. The van der Waals surface area contributed by atoms with Crippen LogP contribution in [0.2, 0.25) is 0 Å². The van der Waals surface area contributed by atoms with Crippen LogP contribution in [0.1, 0.15) is 11.7 Å². The number of benzene rings is 2. The number of aliphatic hydroxyl groups is 1. The summed E-state index contributed by atoms with van der Waals surface area (Å²) in [6, 6.07) is 9.29. The molecule has 3 aromatic rings. The quantitative estimate of drug-likeness (QED) is 0.658. The van der Waals surface area contributed by atoms with E-state index in [4.69, 9.17) is 23.4 Å². The van der Waals surface area contributed by atoms with Gasteiger partial charge in [0.1, 0.15) is 0 Å². The molecule has 0 bridgehead atoms. The van der Waals surface area contributed by atoms with Gasteiger partial charge in [0.2, 0.25) is 11.5 Å². The zero-order valence-electron chi connectivity index (χ0n) is 15.2. The second-order valence-corrected chi connectivity index (χ2v) is 6.22. The summed E-state index contributed by atoms with van der Waals surface area (Å²) in [5.41, 5.74) is 0.300. The maximum absolute atomic E-state index is 11.7. The summed E-state index contributed by atoms with van der Waals surface area (Å²) in [4.78, 5) is 11.7. The summed E-state index contributed by atoms with van der Waals surface area (Å²) in [5.74, 6) is 1.08. The number of rotatable bonds is 4. The average molecular weight is 386 g/mol. The highest BCUT2D eigenvalue weighted by atomic mass is 16.6. The highest BCUT2D eigenvalue weighted by Crippen LogP contribution is 2.49. The van der Waals surface area contributed by atoms with Crippen LogP contribution in [0.5, 0.6) is 28.7 Å². The lowest BCUT2D eigenvalue weighted by Gasteiger charge is -2.34. The monoisotopic (exact) mass is 386 g/mol. The molecule has 0 amide bonds. The maximum atomic E-state index is 11.7. The fraction of sp³-hybridized carbons (Fsp3) is 0.250. The van der Waals surface area contributed by atoms with Gasteiger partial charge < -0.3 is 33.6 Å². The van der Waals surface area contributed by atoms with E-state index in [1.165, 1.54) is 26.4 Å². The van der Waals surface area contributed by atoms with Crippen molar-refractivity contribution >= 4 is 11.0 Å². The second-order valence-electron chi connectivity index (χ2n) is 6.22. The van der Waals surface area contributed by atoms with Crippen molar-refractivity contribution in [3.05, 3.63) is 52.4 Å². The zero-order chi connectivity index (χ0) is 19.8. The fourth-order valence-electron chi connectivity index (χ4n) is 3.21. The summed E-state index contributed by atoms with van der Waals surface area (Å²) in [6.07, 6.45) is -1.50. The third-order valence-electron chi connectivity index (χ3n) is 4.57. The van der Waals surface area contributed by atoms with Crippen molar-refractivity contribution in [1.29, 1.82) is 0 Å². The summed E-state index contributed by atoms with van der Waals surface area (Å²) in [7, 11) is 2.92. The lowest BCUT2D eigenvalue weighted by molar-refractivity contribution is -0.0135. The molecule has 1 aromatic heterocycles. The zero-order valence-corrected chi connectivity index (χ0v) is 15.2. The van der Waals surface area contributed by atoms with E-state index in [-0.39, 0.29) is 35.2 Å². The molecule has 2 atom stereocenters. The van der Waals surface area contributed by atoms with Crippen LogP contribution in [0.25, 0.3) is 11.0 Å². The largest absolute Gasteiger partial charge is 0.504 e. The minimum absolute atomic E-state index is 0.0192. The summed E-state index contributed by atoms with van der Waals surface area (Å²) in [6.45, 7) is -0.358. The SMILES string of the molecule is COc1cc(C2Oc3c(OC)cc4ccc(=O)oc4c3O[C@@H]2CO)ccc1O. The minimum Gasteiger partial charge on any atom is -0.504 e. The van der Waals surface area contributed by atoms with Gasteiger partial charge in [0.15, 0.2) is 35.0 Å². The van der Waals surface area contributed by atoms with Crippen LogP contribution in [0.15, 0.2) is 45.6 Å². The molecule has 1 aliphatic heterocycles. The number of phenolic OH excluding ortho intramolecular Hbond substituents is 1. The number of fused-ring (bicyclic) bond motifs is 3. The van der Waals surface area contributed by atoms with Crippen LogP contribution < -0.4 is 24.6 Å². The van der Waals surface area contributed by atoms with Gasteiger partial charge in [0, 0.05) is 17.0 Å². The Labute approximate surface area is 159 Å².